The molecule has 0 spiro atoms. The van der Waals surface area contributed by atoms with E-state index in [0.717, 1.165) is 0 Å². The van der Waals surface area contributed by atoms with Crippen molar-refractivity contribution in [1.82, 2.24) is 0 Å². The van der Waals surface area contributed by atoms with E-state index in [0.29, 0.717) is 6.42 Å². The lowest BCUT2D eigenvalue weighted by atomic mass is 10.1. The smallest absolute Gasteiger partial charge is 0.356 e. The summed E-state index contributed by atoms with van der Waals surface area (Å²) in [6, 6.07) is 0. The molecule has 1 atom stereocenters. The van der Waals surface area contributed by atoms with Gasteiger partial charge < -0.3 is 18.9 Å². The molecule has 0 amide bonds. The fourth-order valence-electron chi connectivity index (χ4n) is 1.29. The molecule has 19 heavy (non-hydrogen) atoms. The zero-order valence-corrected chi connectivity index (χ0v) is 13.2. The standard InChI is InChI=1S/C12H25O6P/c1-9(2)17-19(15,18-10(3)4)8-16-7-6-11(5)12(13)14/h9-11H,6-8H2,1-5H3,(H,13,14)/t11-/m0/s1. The molecular weight excluding hydrogens is 271 g/mol. The summed E-state index contributed by atoms with van der Waals surface area (Å²) >= 11 is 0. The van der Waals surface area contributed by atoms with E-state index in [1.54, 1.807) is 34.6 Å². The van der Waals surface area contributed by atoms with Crippen molar-refractivity contribution in [3.8, 4) is 0 Å². The molecule has 7 heteroatoms. The summed E-state index contributed by atoms with van der Waals surface area (Å²) in [7, 11) is -3.28. The molecule has 0 aromatic heterocycles. The van der Waals surface area contributed by atoms with Crippen LogP contribution in [0.25, 0.3) is 0 Å². The number of carboxylic acids is 1. The minimum absolute atomic E-state index is 0.157. The average molecular weight is 296 g/mol. The highest BCUT2D eigenvalue weighted by atomic mass is 31.2. The van der Waals surface area contributed by atoms with Crippen molar-refractivity contribution in [3.63, 3.8) is 0 Å². The van der Waals surface area contributed by atoms with Crippen LogP contribution in [0.3, 0.4) is 0 Å². The van der Waals surface area contributed by atoms with Crippen LogP contribution in [0.2, 0.25) is 0 Å². The van der Waals surface area contributed by atoms with Gasteiger partial charge in [0, 0.05) is 6.61 Å². The van der Waals surface area contributed by atoms with Gasteiger partial charge in [-0.1, -0.05) is 6.92 Å². The lowest BCUT2D eigenvalue weighted by Gasteiger charge is -2.22. The Morgan fingerprint density at radius 2 is 1.58 bits per heavy atom. The third kappa shape index (κ3) is 9.16. The van der Waals surface area contributed by atoms with E-state index in [2.05, 4.69) is 0 Å². The van der Waals surface area contributed by atoms with Gasteiger partial charge in [0.15, 0.2) is 0 Å². The summed E-state index contributed by atoms with van der Waals surface area (Å²) in [6.07, 6.45) is -0.258. The molecular formula is C12H25O6P. The maximum atomic E-state index is 12.3. The number of aliphatic carboxylic acids is 1. The molecule has 0 rings (SSSR count). The first-order valence-corrected chi connectivity index (χ1v) is 8.15. The van der Waals surface area contributed by atoms with E-state index < -0.39 is 19.5 Å². The summed E-state index contributed by atoms with van der Waals surface area (Å²) in [5.74, 6) is -1.36. The lowest BCUT2D eigenvalue weighted by Crippen LogP contribution is -2.15. The lowest BCUT2D eigenvalue weighted by molar-refractivity contribution is -0.141. The molecule has 0 fully saturated rings. The van der Waals surface area contributed by atoms with Crippen LogP contribution in [-0.4, -0.2) is 36.2 Å². The molecule has 0 heterocycles. The number of hydrogen-bond acceptors (Lipinski definition) is 5. The van der Waals surface area contributed by atoms with Crippen LogP contribution in [0.4, 0.5) is 0 Å². The maximum Gasteiger partial charge on any atom is 0.356 e. The van der Waals surface area contributed by atoms with E-state index in [4.69, 9.17) is 18.9 Å². The van der Waals surface area contributed by atoms with E-state index in [-0.39, 0.29) is 25.2 Å². The molecule has 114 valence electrons. The van der Waals surface area contributed by atoms with Crippen molar-refractivity contribution in [2.75, 3.05) is 13.0 Å². The molecule has 0 aliphatic carbocycles. The van der Waals surface area contributed by atoms with Gasteiger partial charge in [-0.15, -0.1) is 0 Å². The highest BCUT2D eigenvalue weighted by Crippen LogP contribution is 2.50. The quantitative estimate of drug-likeness (QED) is 0.492. The van der Waals surface area contributed by atoms with Crippen LogP contribution in [0.1, 0.15) is 41.0 Å². The molecule has 0 aromatic carbocycles. The van der Waals surface area contributed by atoms with Crippen LogP contribution in [-0.2, 0) is 23.1 Å². The van der Waals surface area contributed by atoms with E-state index >= 15 is 0 Å². The summed E-state index contributed by atoms with van der Waals surface area (Å²) in [5, 5.41) is 8.72. The maximum absolute atomic E-state index is 12.3. The van der Waals surface area contributed by atoms with Crippen molar-refractivity contribution < 1.29 is 28.3 Å². The Morgan fingerprint density at radius 1 is 1.11 bits per heavy atom. The second-order valence-corrected chi connectivity index (χ2v) is 6.89. The predicted molar refractivity (Wildman–Crippen MR) is 72.3 cm³/mol. The molecule has 6 nitrogen and oxygen atoms in total. The minimum Gasteiger partial charge on any atom is -0.481 e. The third-order valence-electron chi connectivity index (χ3n) is 2.11. The number of ether oxygens (including phenoxy) is 1. The van der Waals surface area contributed by atoms with E-state index in [9.17, 15) is 9.36 Å². The molecule has 1 N–H and O–H groups in total. The Kier molecular flexibility index (Phi) is 8.50. The summed E-state index contributed by atoms with van der Waals surface area (Å²) in [5.41, 5.74) is 0. The van der Waals surface area contributed by atoms with Gasteiger partial charge in [0.2, 0.25) is 0 Å². The molecule has 0 bridgehead atoms. The summed E-state index contributed by atoms with van der Waals surface area (Å²) < 4.78 is 28.2. The molecule has 0 unspecified atom stereocenters. The number of carbonyl (C=O) groups is 1. The van der Waals surface area contributed by atoms with Crippen LogP contribution in [0, 0.1) is 5.92 Å². The van der Waals surface area contributed by atoms with Gasteiger partial charge in [-0.3, -0.25) is 9.36 Å². The van der Waals surface area contributed by atoms with Gasteiger partial charge in [-0.25, -0.2) is 0 Å². The Labute approximate surface area is 115 Å². The van der Waals surface area contributed by atoms with E-state index in [1.165, 1.54) is 0 Å². The summed E-state index contributed by atoms with van der Waals surface area (Å²) in [4.78, 5) is 10.6. The Hall–Kier alpha value is -0.420. The SMILES string of the molecule is CC(C)OP(=O)(COCC[C@H](C)C(=O)O)OC(C)C. The number of rotatable bonds is 10. The van der Waals surface area contributed by atoms with Crippen molar-refractivity contribution in [3.05, 3.63) is 0 Å². The Morgan fingerprint density at radius 3 is 1.95 bits per heavy atom. The molecule has 0 aliphatic heterocycles. The number of carboxylic acid groups (broad SMARTS) is 1. The van der Waals surface area contributed by atoms with Crippen molar-refractivity contribution in [2.45, 2.75) is 53.2 Å². The fourth-order valence-corrected chi connectivity index (χ4v) is 3.10. The fraction of sp³-hybridized carbons (Fsp3) is 0.917. The zero-order valence-electron chi connectivity index (χ0n) is 12.3. The van der Waals surface area contributed by atoms with Crippen LogP contribution < -0.4 is 0 Å². The Balaban J connectivity index is 4.20. The van der Waals surface area contributed by atoms with Crippen molar-refractivity contribution in [1.29, 1.82) is 0 Å². The van der Waals surface area contributed by atoms with Gasteiger partial charge in [-0.2, -0.15) is 0 Å². The minimum atomic E-state index is -3.28. The first-order valence-electron chi connectivity index (χ1n) is 6.42. The average Bonchev–Trinajstić information content (AvgIpc) is 2.21. The third-order valence-corrected chi connectivity index (χ3v) is 4.09. The molecule has 0 radical (unpaired) electrons. The second-order valence-electron chi connectivity index (χ2n) is 4.98. The monoisotopic (exact) mass is 296 g/mol. The van der Waals surface area contributed by atoms with Gasteiger partial charge in [0.1, 0.15) is 6.35 Å². The second kappa shape index (κ2) is 8.69. The highest BCUT2D eigenvalue weighted by Gasteiger charge is 2.28. The van der Waals surface area contributed by atoms with Crippen LogP contribution in [0.5, 0.6) is 0 Å². The Bertz CT molecular complexity index is 301. The summed E-state index contributed by atoms with van der Waals surface area (Å²) in [6.45, 7) is 8.87. The zero-order chi connectivity index (χ0) is 15.1. The van der Waals surface area contributed by atoms with Gasteiger partial charge >= 0.3 is 13.6 Å². The highest BCUT2D eigenvalue weighted by molar-refractivity contribution is 7.53. The van der Waals surface area contributed by atoms with E-state index in [1.807, 2.05) is 0 Å². The normalized spacial score (nSPS) is 14.1. The van der Waals surface area contributed by atoms with Crippen molar-refractivity contribution >= 4 is 13.6 Å². The molecule has 0 saturated carbocycles. The topological polar surface area (TPSA) is 82.1 Å². The first-order chi connectivity index (χ1) is 8.66. The number of hydrogen-bond donors (Lipinski definition) is 1. The first kappa shape index (κ1) is 18.6. The molecule has 0 aromatic rings. The van der Waals surface area contributed by atoms with Crippen molar-refractivity contribution in [2.24, 2.45) is 5.92 Å². The molecule has 0 aliphatic rings. The largest absolute Gasteiger partial charge is 0.481 e. The predicted octanol–water partition coefficient (Wildman–Crippen LogP) is 3.11. The van der Waals surface area contributed by atoms with Gasteiger partial charge in [0.05, 0.1) is 18.1 Å². The van der Waals surface area contributed by atoms with Gasteiger partial charge in [-0.05, 0) is 34.1 Å². The molecule has 0 saturated heterocycles. The van der Waals surface area contributed by atoms with Gasteiger partial charge in [0.25, 0.3) is 0 Å². The van der Waals surface area contributed by atoms with Crippen LogP contribution >= 0.6 is 7.60 Å². The van der Waals surface area contributed by atoms with Crippen LogP contribution in [0.15, 0.2) is 0 Å².